The van der Waals surface area contributed by atoms with Crippen molar-refractivity contribution in [2.24, 2.45) is 17.6 Å². The van der Waals surface area contributed by atoms with Crippen LogP contribution in [0.2, 0.25) is 0 Å². The summed E-state index contributed by atoms with van der Waals surface area (Å²) in [6, 6.07) is 0.754. The van der Waals surface area contributed by atoms with E-state index in [0.717, 1.165) is 31.0 Å². The fourth-order valence-corrected chi connectivity index (χ4v) is 2.70. The van der Waals surface area contributed by atoms with E-state index in [1.165, 1.54) is 0 Å². The Bertz CT molecular complexity index is 217. The van der Waals surface area contributed by atoms with E-state index in [1.807, 2.05) is 0 Å². The van der Waals surface area contributed by atoms with Gasteiger partial charge in [0, 0.05) is 19.1 Å². The quantitative estimate of drug-likeness (QED) is 0.608. The number of primary amides is 1. The van der Waals surface area contributed by atoms with Crippen molar-refractivity contribution in [1.82, 2.24) is 9.80 Å². The monoisotopic (exact) mass is 183 g/mol. The van der Waals surface area contributed by atoms with Gasteiger partial charge in [0.2, 0.25) is 5.91 Å². The maximum Gasteiger partial charge on any atom is 0.231 e. The molecule has 74 valence electrons. The van der Waals surface area contributed by atoms with E-state index in [0.29, 0.717) is 6.54 Å². The molecule has 0 aromatic heterocycles. The molecule has 2 fully saturated rings. The number of hydrogen-bond donors (Lipinski definition) is 1. The summed E-state index contributed by atoms with van der Waals surface area (Å²) in [5, 5.41) is 0. The van der Waals surface area contributed by atoms with Gasteiger partial charge in [-0.2, -0.15) is 0 Å². The van der Waals surface area contributed by atoms with Crippen LogP contribution >= 0.6 is 0 Å². The molecule has 0 radical (unpaired) electrons. The Balaban J connectivity index is 1.80. The van der Waals surface area contributed by atoms with Gasteiger partial charge in [0.1, 0.15) is 0 Å². The number of nitrogens with zero attached hydrogens (tertiary/aromatic N) is 2. The molecule has 2 aliphatic rings. The fourth-order valence-electron chi connectivity index (χ4n) is 2.70. The normalized spacial score (nSPS) is 37.9. The van der Waals surface area contributed by atoms with Crippen molar-refractivity contribution in [2.45, 2.75) is 6.04 Å². The van der Waals surface area contributed by atoms with E-state index in [4.69, 9.17) is 5.73 Å². The molecule has 4 heteroatoms. The number of piperidine rings is 1. The third kappa shape index (κ3) is 1.56. The average Bonchev–Trinajstić information content (AvgIpc) is 2.49. The minimum absolute atomic E-state index is 0.206. The van der Waals surface area contributed by atoms with E-state index in [-0.39, 0.29) is 5.91 Å². The van der Waals surface area contributed by atoms with Crippen LogP contribution in [0.15, 0.2) is 0 Å². The van der Waals surface area contributed by atoms with Gasteiger partial charge in [0.05, 0.1) is 6.54 Å². The van der Waals surface area contributed by atoms with Crippen LogP contribution in [0.1, 0.15) is 0 Å². The number of fused-ring (bicyclic) bond motifs is 1. The largest absolute Gasteiger partial charge is 0.369 e. The van der Waals surface area contributed by atoms with Crippen LogP contribution in [0.25, 0.3) is 0 Å². The molecule has 13 heavy (non-hydrogen) atoms. The lowest BCUT2D eigenvalue weighted by Crippen LogP contribution is -2.36. The molecule has 0 bridgehead atoms. The van der Waals surface area contributed by atoms with Gasteiger partial charge < -0.3 is 10.6 Å². The van der Waals surface area contributed by atoms with Crippen molar-refractivity contribution in [1.29, 1.82) is 0 Å². The van der Waals surface area contributed by atoms with Gasteiger partial charge >= 0.3 is 0 Å². The van der Waals surface area contributed by atoms with Gasteiger partial charge in [0.25, 0.3) is 0 Å². The SMILES string of the molecule is CN(C)C1C2CN(CC(N)=O)CC21. The molecule has 0 aromatic carbocycles. The molecule has 1 aliphatic carbocycles. The first-order valence-corrected chi connectivity index (χ1v) is 4.76. The number of hydrogen-bond acceptors (Lipinski definition) is 3. The van der Waals surface area contributed by atoms with Crippen LogP contribution in [0.5, 0.6) is 0 Å². The first kappa shape index (κ1) is 8.97. The highest BCUT2D eigenvalue weighted by Crippen LogP contribution is 2.47. The lowest BCUT2D eigenvalue weighted by atomic mass is 10.3. The first-order chi connectivity index (χ1) is 6.09. The number of carbonyl (C=O) groups is 1. The van der Waals surface area contributed by atoms with Crippen molar-refractivity contribution in [3.63, 3.8) is 0 Å². The summed E-state index contributed by atoms with van der Waals surface area (Å²) in [6.07, 6.45) is 0. The highest BCUT2D eigenvalue weighted by molar-refractivity contribution is 5.76. The Hall–Kier alpha value is -0.610. The van der Waals surface area contributed by atoms with Gasteiger partial charge in [-0.1, -0.05) is 0 Å². The molecule has 2 atom stereocenters. The summed E-state index contributed by atoms with van der Waals surface area (Å²) in [7, 11) is 4.25. The Morgan fingerprint density at radius 3 is 2.38 bits per heavy atom. The predicted octanol–water partition coefficient (Wildman–Crippen LogP) is -1.04. The highest BCUT2D eigenvalue weighted by Gasteiger charge is 2.56. The highest BCUT2D eigenvalue weighted by atomic mass is 16.1. The van der Waals surface area contributed by atoms with Crippen molar-refractivity contribution >= 4 is 5.91 Å². The number of likely N-dealkylation sites (tertiary alicyclic amines) is 1. The summed E-state index contributed by atoms with van der Waals surface area (Å²) in [6.45, 7) is 2.54. The zero-order valence-electron chi connectivity index (χ0n) is 8.23. The summed E-state index contributed by atoms with van der Waals surface area (Å²) in [5.41, 5.74) is 5.14. The maximum absolute atomic E-state index is 10.7. The number of amides is 1. The molecule has 1 saturated heterocycles. The predicted molar refractivity (Wildman–Crippen MR) is 50.1 cm³/mol. The van der Waals surface area contributed by atoms with Crippen molar-refractivity contribution in [2.75, 3.05) is 33.7 Å². The minimum atomic E-state index is -0.206. The molecule has 1 aliphatic heterocycles. The average molecular weight is 183 g/mol. The van der Waals surface area contributed by atoms with E-state index in [9.17, 15) is 4.79 Å². The molecule has 1 amide bonds. The van der Waals surface area contributed by atoms with Crippen LogP contribution in [0.4, 0.5) is 0 Å². The van der Waals surface area contributed by atoms with Crippen LogP contribution in [-0.2, 0) is 4.79 Å². The smallest absolute Gasteiger partial charge is 0.231 e. The molecule has 0 spiro atoms. The van der Waals surface area contributed by atoms with Gasteiger partial charge in [-0.15, -0.1) is 0 Å². The van der Waals surface area contributed by atoms with Crippen LogP contribution in [-0.4, -0.2) is 55.5 Å². The molecule has 1 saturated carbocycles. The van der Waals surface area contributed by atoms with Gasteiger partial charge in [-0.3, -0.25) is 9.69 Å². The molecule has 0 aromatic rings. The molecule has 1 heterocycles. The van der Waals surface area contributed by atoms with Crippen molar-refractivity contribution in [3.8, 4) is 0 Å². The van der Waals surface area contributed by atoms with Crippen LogP contribution < -0.4 is 5.73 Å². The van der Waals surface area contributed by atoms with E-state index in [2.05, 4.69) is 23.9 Å². The zero-order chi connectivity index (χ0) is 9.59. The molecule has 2 unspecified atom stereocenters. The third-order valence-corrected chi connectivity index (χ3v) is 3.20. The number of rotatable bonds is 3. The lowest BCUT2D eigenvalue weighted by molar-refractivity contribution is -0.119. The lowest BCUT2D eigenvalue weighted by Gasteiger charge is -2.20. The van der Waals surface area contributed by atoms with Gasteiger partial charge in [-0.05, 0) is 25.9 Å². The summed E-state index contributed by atoms with van der Waals surface area (Å²) >= 11 is 0. The van der Waals surface area contributed by atoms with E-state index in [1.54, 1.807) is 0 Å². The number of carbonyl (C=O) groups excluding carboxylic acids is 1. The Labute approximate surface area is 78.7 Å². The van der Waals surface area contributed by atoms with Crippen molar-refractivity contribution < 1.29 is 4.79 Å². The topological polar surface area (TPSA) is 49.6 Å². The standard InChI is InChI=1S/C9H17N3O/c1-11(2)9-6-3-12(4-7(6)9)5-8(10)13/h6-7,9H,3-5H2,1-2H3,(H2,10,13). The number of nitrogens with two attached hydrogens (primary N) is 1. The Kier molecular flexibility index (Phi) is 2.04. The molecule has 2 rings (SSSR count). The first-order valence-electron chi connectivity index (χ1n) is 4.76. The van der Waals surface area contributed by atoms with Crippen LogP contribution in [0, 0.1) is 11.8 Å². The summed E-state index contributed by atoms with van der Waals surface area (Å²) in [5.74, 6) is 1.37. The Morgan fingerprint density at radius 1 is 1.46 bits per heavy atom. The second kappa shape index (κ2) is 2.96. The summed E-state index contributed by atoms with van der Waals surface area (Å²) in [4.78, 5) is 15.1. The van der Waals surface area contributed by atoms with E-state index < -0.39 is 0 Å². The van der Waals surface area contributed by atoms with Crippen molar-refractivity contribution in [3.05, 3.63) is 0 Å². The third-order valence-electron chi connectivity index (χ3n) is 3.20. The molecular weight excluding hydrogens is 166 g/mol. The molecular formula is C9H17N3O. The molecule has 2 N–H and O–H groups in total. The Morgan fingerprint density at radius 2 is 2.00 bits per heavy atom. The van der Waals surface area contributed by atoms with Gasteiger partial charge in [0.15, 0.2) is 0 Å². The maximum atomic E-state index is 10.7. The van der Waals surface area contributed by atoms with Crippen LogP contribution in [0.3, 0.4) is 0 Å². The second-order valence-electron chi connectivity index (χ2n) is 4.44. The van der Waals surface area contributed by atoms with E-state index >= 15 is 0 Å². The summed E-state index contributed by atoms with van der Waals surface area (Å²) < 4.78 is 0. The fraction of sp³-hybridized carbons (Fsp3) is 0.889. The second-order valence-corrected chi connectivity index (χ2v) is 4.44. The molecule has 4 nitrogen and oxygen atoms in total. The minimum Gasteiger partial charge on any atom is -0.369 e. The zero-order valence-corrected chi connectivity index (χ0v) is 8.23. The van der Waals surface area contributed by atoms with Gasteiger partial charge in [-0.25, -0.2) is 0 Å².